The van der Waals surface area contributed by atoms with Crippen LogP contribution in [-0.2, 0) is 14.8 Å². The van der Waals surface area contributed by atoms with Gasteiger partial charge in [0.15, 0.2) is 0 Å². The lowest BCUT2D eigenvalue weighted by Crippen LogP contribution is -2.26. The van der Waals surface area contributed by atoms with E-state index in [1.165, 1.54) is 26.4 Å². The first-order valence-corrected chi connectivity index (χ1v) is 6.70. The molecule has 100 valence electrons. The lowest BCUT2D eigenvalue weighted by molar-refractivity contribution is 0.0587. The summed E-state index contributed by atoms with van der Waals surface area (Å²) >= 11 is 0. The molecule has 1 aromatic rings. The molecule has 2 N–H and O–H groups in total. The van der Waals surface area contributed by atoms with E-state index in [9.17, 15) is 13.2 Å². The van der Waals surface area contributed by atoms with Crippen molar-refractivity contribution in [2.45, 2.75) is 0 Å². The lowest BCUT2D eigenvalue weighted by Gasteiger charge is -2.06. The highest BCUT2D eigenvalue weighted by Crippen LogP contribution is 2.02. The molecule has 0 spiro atoms. The number of ether oxygens (including phenoxy) is 1. The Balaban J connectivity index is 2.61. The Labute approximate surface area is 105 Å². The Kier molecular flexibility index (Phi) is 4.98. The summed E-state index contributed by atoms with van der Waals surface area (Å²) < 4.78 is 29.0. The topological polar surface area (TPSA) is 110 Å². The number of hydrogen-bond acceptors (Lipinski definition) is 7. The van der Waals surface area contributed by atoms with E-state index in [1.807, 2.05) is 0 Å². The van der Waals surface area contributed by atoms with Gasteiger partial charge in [-0.1, -0.05) is 0 Å². The third-order valence-electron chi connectivity index (χ3n) is 2.01. The molecular weight excluding hydrogens is 260 g/mol. The van der Waals surface area contributed by atoms with Crippen LogP contribution in [0.4, 0.5) is 5.82 Å². The van der Waals surface area contributed by atoms with Crippen molar-refractivity contribution in [3.8, 4) is 0 Å². The number of esters is 1. The number of rotatable bonds is 6. The van der Waals surface area contributed by atoms with Crippen LogP contribution < -0.4 is 10.0 Å². The molecule has 0 aliphatic rings. The molecule has 0 fully saturated rings. The van der Waals surface area contributed by atoms with Gasteiger partial charge in [-0.05, 0) is 13.1 Å². The van der Waals surface area contributed by atoms with E-state index in [-0.39, 0.29) is 18.1 Å². The maximum atomic E-state index is 11.2. The van der Waals surface area contributed by atoms with Gasteiger partial charge in [0, 0.05) is 12.7 Å². The molecule has 1 rings (SSSR count). The normalized spacial score (nSPS) is 11.0. The first-order valence-electron chi connectivity index (χ1n) is 5.05. The zero-order valence-electron chi connectivity index (χ0n) is 10.0. The van der Waals surface area contributed by atoms with Crippen LogP contribution in [0.3, 0.4) is 0 Å². The zero-order valence-corrected chi connectivity index (χ0v) is 10.8. The van der Waals surface area contributed by atoms with Gasteiger partial charge < -0.3 is 10.1 Å². The summed E-state index contributed by atoms with van der Waals surface area (Å²) in [5.41, 5.74) is 0. The Hall–Kier alpha value is -1.74. The highest BCUT2D eigenvalue weighted by Gasteiger charge is 2.10. The van der Waals surface area contributed by atoms with E-state index in [1.54, 1.807) is 0 Å². The summed E-state index contributed by atoms with van der Waals surface area (Å²) in [4.78, 5) is 18.8. The molecular formula is C9H14N4O4S. The van der Waals surface area contributed by atoms with Crippen molar-refractivity contribution in [1.29, 1.82) is 0 Å². The quantitative estimate of drug-likeness (QED) is 0.655. The Morgan fingerprint density at radius 3 is 2.83 bits per heavy atom. The molecule has 1 aromatic heterocycles. The smallest absolute Gasteiger partial charge is 0.376 e. The molecule has 0 radical (unpaired) electrons. The molecule has 8 nitrogen and oxygen atoms in total. The van der Waals surface area contributed by atoms with Crippen LogP contribution in [0.5, 0.6) is 0 Å². The molecule has 0 atom stereocenters. The van der Waals surface area contributed by atoms with Crippen molar-refractivity contribution >= 4 is 21.8 Å². The van der Waals surface area contributed by atoms with Crippen LogP contribution in [-0.4, -0.2) is 50.8 Å². The number of aromatic nitrogens is 2. The average Bonchev–Trinajstić information content (AvgIpc) is 2.38. The number of nitrogens with one attached hydrogen (secondary N) is 2. The largest absolute Gasteiger partial charge is 0.463 e. The predicted molar refractivity (Wildman–Crippen MR) is 64.7 cm³/mol. The van der Waals surface area contributed by atoms with Gasteiger partial charge in [0.05, 0.1) is 12.9 Å². The van der Waals surface area contributed by atoms with Crippen LogP contribution in [0.15, 0.2) is 12.3 Å². The molecule has 0 aliphatic heterocycles. The molecule has 0 unspecified atom stereocenters. The van der Waals surface area contributed by atoms with Crippen LogP contribution in [0.1, 0.15) is 10.6 Å². The minimum atomic E-state index is -3.27. The second-order valence-corrected chi connectivity index (χ2v) is 5.25. The summed E-state index contributed by atoms with van der Waals surface area (Å²) in [5.74, 6) is -0.474. The van der Waals surface area contributed by atoms with E-state index < -0.39 is 16.0 Å². The van der Waals surface area contributed by atoms with Crippen molar-refractivity contribution in [3.05, 3.63) is 18.1 Å². The number of carbonyl (C=O) groups excluding carboxylic acids is 1. The van der Waals surface area contributed by atoms with Crippen molar-refractivity contribution in [1.82, 2.24) is 14.7 Å². The molecule has 0 aliphatic carbocycles. The van der Waals surface area contributed by atoms with Gasteiger partial charge in [-0.3, -0.25) is 0 Å². The third kappa shape index (κ3) is 4.26. The van der Waals surface area contributed by atoms with Gasteiger partial charge in [-0.2, -0.15) is 0 Å². The van der Waals surface area contributed by atoms with E-state index in [4.69, 9.17) is 0 Å². The minimum absolute atomic E-state index is 0.0843. The monoisotopic (exact) mass is 274 g/mol. The lowest BCUT2D eigenvalue weighted by atomic mass is 10.5. The minimum Gasteiger partial charge on any atom is -0.463 e. The standard InChI is InChI=1S/C9H14N4O4S/c1-10-18(15,16)6-5-11-7-3-4-12-8(13-7)9(14)17-2/h3-4,10H,5-6H2,1-2H3,(H,11,12,13). The number of anilines is 1. The van der Waals surface area contributed by atoms with Gasteiger partial charge in [-0.25, -0.2) is 27.9 Å². The fourth-order valence-corrected chi connectivity index (χ4v) is 1.64. The van der Waals surface area contributed by atoms with Crippen LogP contribution in [0, 0.1) is 0 Å². The van der Waals surface area contributed by atoms with E-state index in [0.29, 0.717) is 5.82 Å². The second kappa shape index (κ2) is 6.26. The fourth-order valence-electron chi connectivity index (χ4n) is 1.06. The molecule has 0 amide bonds. The number of methoxy groups -OCH3 is 1. The van der Waals surface area contributed by atoms with Gasteiger partial charge in [0.2, 0.25) is 15.8 Å². The van der Waals surface area contributed by atoms with Crippen LogP contribution in [0.2, 0.25) is 0 Å². The van der Waals surface area contributed by atoms with Gasteiger partial charge in [0.1, 0.15) is 5.82 Å². The highest BCUT2D eigenvalue weighted by molar-refractivity contribution is 7.89. The van der Waals surface area contributed by atoms with Gasteiger partial charge >= 0.3 is 5.97 Å². The number of hydrogen-bond donors (Lipinski definition) is 2. The highest BCUT2D eigenvalue weighted by atomic mass is 32.2. The van der Waals surface area contributed by atoms with E-state index >= 15 is 0 Å². The molecule has 1 heterocycles. The third-order valence-corrected chi connectivity index (χ3v) is 3.38. The summed E-state index contributed by atoms with van der Waals surface area (Å²) in [6.45, 7) is 0.167. The van der Waals surface area contributed by atoms with Crippen molar-refractivity contribution < 1.29 is 17.9 Å². The molecule has 0 saturated carbocycles. The molecule has 0 saturated heterocycles. The van der Waals surface area contributed by atoms with Gasteiger partial charge in [-0.15, -0.1) is 0 Å². The van der Waals surface area contributed by atoms with Crippen molar-refractivity contribution in [3.63, 3.8) is 0 Å². The Morgan fingerprint density at radius 1 is 1.50 bits per heavy atom. The molecule has 18 heavy (non-hydrogen) atoms. The predicted octanol–water partition coefficient (Wildman–Crippen LogP) is -0.776. The van der Waals surface area contributed by atoms with E-state index in [0.717, 1.165) is 0 Å². The van der Waals surface area contributed by atoms with Crippen molar-refractivity contribution in [2.75, 3.05) is 31.8 Å². The maximum absolute atomic E-state index is 11.2. The van der Waals surface area contributed by atoms with Gasteiger partial charge in [0.25, 0.3) is 0 Å². The summed E-state index contributed by atoms with van der Waals surface area (Å²) in [6.07, 6.45) is 1.38. The number of nitrogens with zero attached hydrogens (tertiary/aromatic N) is 2. The molecule has 0 bridgehead atoms. The SMILES string of the molecule is CNS(=O)(=O)CCNc1ccnc(C(=O)OC)n1. The van der Waals surface area contributed by atoms with Crippen LogP contribution >= 0.6 is 0 Å². The number of sulfonamides is 1. The molecule has 9 heteroatoms. The Morgan fingerprint density at radius 2 is 2.22 bits per heavy atom. The van der Waals surface area contributed by atoms with Crippen molar-refractivity contribution in [2.24, 2.45) is 0 Å². The second-order valence-electron chi connectivity index (χ2n) is 3.21. The summed E-state index contributed by atoms with van der Waals surface area (Å²) in [7, 11) is -0.698. The average molecular weight is 274 g/mol. The maximum Gasteiger partial charge on any atom is 0.376 e. The number of carbonyl (C=O) groups is 1. The fraction of sp³-hybridized carbons (Fsp3) is 0.444. The first kappa shape index (κ1) is 14.3. The zero-order chi connectivity index (χ0) is 13.6. The first-order chi connectivity index (χ1) is 8.48. The van der Waals surface area contributed by atoms with Crippen LogP contribution in [0.25, 0.3) is 0 Å². The van der Waals surface area contributed by atoms with E-state index in [2.05, 4.69) is 24.7 Å². The Bertz CT molecular complexity index is 517. The summed E-state index contributed by atoms with van der Waals surface area (Å²) in [6, 6.07) is 1.53. The summed E-state index contributed by atoms with van der Waals surface area (Å²) in [5, 5.41) is 2.78. The molecule has 0 aromatic carbocycles.